The molecule has 126 valence electrons. The molecular formula is C18H18N4O2S+2. The molecule has 0 unspecified atom stereocenters. The summed E-state index contributed by atoms with van der Waals surface area (Å²) in [7, 11) is 0. The van der Waals surface area contributed by atoms with Crippen molar-refractivity contribution in [1.82, 2.24) is 0 Å². The highest BCUT2D eigenvalue weighted by Gasteiger charge is 2.14. The van der Waals surface area contributed by atoms with E-state index in [1.807, 2.05) is 57.9 Å². The number of thiophene rings is 1. The number of rotatable bonds is 6. The van der Waals surface area contributed by atoms with Gasteiger partial charge in [-0.25, -0.2) is 0 Å². The van der Waals surface area contributed by atoms with Crippen LogP contribution in [-0.4, -0.2) is 22.8 Å². The lowest BCUT2D eigenvalue weighted by Crippen LogP contribution is -2.38. The van der Waals surface area contributed by atoms with Gasteiger partial charge in [-0.1, -0.05) is 10.3 Å². The molecule has 6 nitrogen and oxygen atoms in total. The SMILES string of the molecule is O/N=C/c1cccc[n+]1Cc1ccc(C[n+]2ccccc2/C=N/O)s1. The van der Waals surface area contributed by atoms with E-state index in [2.05, 4.69) is 22.4 Å². The van der Waals surface area contributed by atoms with Gasteiger partial charge in [-0.15, -0.1) is 11.3 Å². The van der Waals surface area contributed by atoms with Gasteiger partial charge in [0.1, 0.15) is 12.4 Å². The van der Waals surface area contributed by atoms with Gasteiger partial charge < -0.3 is 10.4 Å². The first-order valence-corrected chi connectivity index (χ1v) is 8.51. The van der Waals surface area contributed by atoms with Crippen LogP contribution in [0.3, 0.4) is 0 Å². The molecule has 7 heteroatoms. The average molecular weight is 354 g/mol. The zero-order valence-electron chi connectivity index (χ0n) is 13.4. The standard InChI is InChI=1S/C18H16N4O2S/c23-19-11-15-5-1-3-9-21(15)13-17-7-8-18(25-17)14-22-10-4-2-6-16(22)12-20-24/h1-12H,13-14H2/p+2. The van der Waals surface area contributed by atoms with Crippen LogP contribution >= 0.6 is 11.3 Å². The normalized spacial score (nSPS) is 11.5. The summed E-state index contributed by atoms with van der Waals surface area (Å²) < 4.78 is 4.05. The molecule has 0 amide bonds. The molecule has 0 saturated carbocycles. The minimum Gasteiger partial charge on any atom is -0.411 e. The van der Waals surface area contributed by atoms with Crippen LogP contribution in [0.2, 0.25) is 0 Å². The van der Waals surface area contributed by atoms with Crippen LogP contribution in [0.25, 0.3) is 0 Å². The van der Waals surface area contributed by atoms with E-state index in [1.54, 1.807) is 11.3 Å². The smallest absolute Gasteiger partial charge is 0.227 e. The molecule has 0 aliphatic carbocycles. The molecule has 3 aromatic heterocycles. The molecular weight excluding hydrogens is 336 g/mol. The maximum Gasteiger partial charge on any atom is 0.227 e. The molecule has 0 radical (unpaired) electrons. The third kappa shape index (κ3) is 4.27. The van der Waals surface area contributed by atoms with Crippen LogP contribution in [0, 0.1) is 0 Å². The van der Waals surface area contributed by atoms with E-state index in [1.165, 1.54) is 22.2 Å². The Morgan fingerprint density at radius 1 is 0.760 bits per heavy atom. The van der Waals surface area contributed by atoms with Gasteiger partial charge in [0.25, 0.3) is 0 Å². The molecule has 0 atom stereocenters. The van der Waals surface area contributed by atoms with Gasteiger partial charge in [0.15, 0.2) is 25.5 Å². The fourth-order valence-corrected chi connectivity index (χ4v) is 3.56. The van der Waals surface area contributed by atoms with Gasteiger partial charge in [0.05, 0.1) is 9.75 Å². The molecule has 3 aromatic rings. The Balaban J connectivity index is 1.78. The van der Waals surface area contributed by atoms with Crippen molar-refractivity contribution in [3.63, 3.8) is 0 Å². The van der Waals surface area contributed by atoms with E-state index >= 15 is 0 Å². The quantitative estimate of drug-likeness (QED) is 0.308. The molecule has 0 aliphatic rings. The highest BCUT2D eigenvalue weighted by molar-refractivity contribution is 7.11. The summed E-state index contributed by atoms with van der Waals surface area (Å²) in [6, 6.07) is 15.7. The second-order valence-electron chi connectivity index (χ2n) is 5.36. The summed E-state index contributed by atoms with van der Waals surface area (Å²) in [6.45, 7) is 1.41. The van der Waals surface area contributed by atoms with Gasteiger partial charge >= 0.3 is 0 Å². The van der Waals surface area contributed by atoms with Crippen LogP contribution in [0.1, 0.15) is 21.1 Å². The summed E-state index contributed by atoms with van der Waals surface area (Å²) in [5.41, 5.74) is 1.66. The largest absolute Gasteiger partial charge is 0.411 e. The molecule has 0 aromatic carbocycles. The van der Waals surface area contributed by atoms with Crippen molar-refractivity contribution in [2.75, 3.05) is 0 Å². The first kappa shape index (κ1) is 16.8. The Bertz CT molecular complexity index is 833. The van der Waals surface area contributed by atoms with Crippen molar-refractivity contribution in [1.29, 1.82) is 0 Å². The number of hydrogen-bond acceptors (Lipinski definition) is 5. The zero-order chi connectivity index (χ0) is 17.5. The number of oxime groups is 2. The Morgan fingerprint density at radius 2 is 1.24 bits per heavy atom. The molecule has 2 N–H and O–H groups in total. The lowest BCUT2D eigenvalue weighted by atomic mass is 10.3. The van der Waals surface area contributed by atoms with Gasteiger partial charge in [-0.05, 0) is 24.3 Å². The van der Waals surface area contributed by atoms with Crippen molar-refractivity contribution >= 4 is 23.8 Å². The molecule has 3 rings (SSSR count). The highest BCUT2D eigenvalue weighted by Crippen LogP contribution is 2.16. The number of aromatic nitrogens is 2. The predicted octanol–water partition coefficient (Wildman–Crippen LogP) is 2.04. The molecule has 0 bridgehead atoms. The van der Waals surface area contributed by atoms with Gasteiger partial charge in [-0.3, -0.25) is 0 Å². The predicted molar refractivity (Wildman–Crippen MR) is 94.6 cm³/mol. The summed E-state index contributed by atoms with van der Waals surface area (Å²) in [5, 5.41) is 23.8. The second-order valence-corrected chi connectivity index (χ2v) is 6.62. The molecule has 25 heavy (non-hydrogen) atoms. The van der Waals surface area contributed by atoms with Crippen LogP contribution in [0.15, 0.2) is 71.2 Å². The summed E-state index contributed by atoms with van der Waals surface area (Å²) >= 11 is 1.72. The van der Waals surface area contributed by atoms with Crippen molar-refractivity contribution in [3.05, 3.63) is 82.1 Å². The van der Waals surface area contributed by atoms with E-state index in [4.69, 9.17) is 10.4 Å². The van der Waals surface area contributed by atoms with Crippen LogP contribution in [-0.2, 0) is 13.1 Å². The van der Waals surface area contributed by atoms with Gasteiger partial charge in [0, 0.05) is 24.3 Å². The Kier molecular flexibility index (Phi) is 5.48. The lowest BCUT2D eigenvalue weighted by Gasteiger charge is -1.98. The number of hydrogen-bond donors (Lipinski definition) is 2. The zero-order valence-corrected chi connectivity index (χ0v) is 14.3. The van der Waals surface area contributed by atoms with Crippen LogP contribution in [0.4, 0.5) is 0 Å². The van der Waals surface area contributed by atoms with E-state index < -0.39 is 0 Å². The van der Waals surface area contributed by atoms with Crippen molar-refractivity contribution in [2.24, 2.45) is 10.3 Å². The first-order valence-electron chi connectivity index (χ1n) is 7.69. The van der Waals surface area contributed by atoms with E-state index in [0.29, 0.717) is 13.1 Å². The lowest BCUT2D eigenvalue weighted by molar-refractivity contribution is -0.688. The first-order chi connectivity index (χ1) is 12.3. The topological polar surface area (TPSA) is 72.9 Å². The Hall–Kier alpha value is -3.06. The molecule has 0 fully saturated rings. The van der Waals surface area contributed by atoms with Gasteiger partial charge in [0.2, 0.25) is 11.4 Å². The summed E-state index contributed by atoms with van der Waals surface area (Å²) in [6.07, 6.45) is 6.76. The van der Waals surface area contributed by atoms with E-state index in [-0.39, 0.29) is 0 Å². The Morgan fingerprint density at radius 3 is 1.68 bits per heavy atom. The second kappa shape index (κ2) is 8.16. The third-order valence-corrected chi connectivity index (χ3v) is 4.76. The van der Waals surface area contributed by atoms with Crippen molar-refractivity contribution in [2.45, 2.75) is 13.1 Å². The fraction of sp³-hybridized carbons (Fsp3) is 0.111. The summed E-state index contributed by atoms with van der Waals surface area (Å²) in [5.74, 6) is 0. The summed E-state index contributed by atoms with van der Waals surface area (Å²) in [4.78, 5) is 2.40. The fourth-order valence-electron chi connectivity index (χ4n) is 2.55. The minimum absolute atomic E-state index is 0.706. The molecule has 0 saturated heterocycles. The number of nitrogens with zero attached hydrogens (tertiary/aromatic N) is 4. The molecule has 0 spiro atoms. The minimum atomic E-state index is 0.706. The average Bonchev–Trinajstić information content (AvgIpc) is 3.06. The maximum atomic E-state index is 8.78. The van der Waals surface area contributed by atoms with Crippen molar-refractivity contribution < 1.29 is 19.5 Å². The van der Waals surface area contributed by atoms with Crippen LogP contribution in [0.5, 0.6) is 0 Å². The van der Waals surface area contributed by atoms with Gasteiger partial charge in [-0.2, -0.15) is 9.13 Å². The highest BCUT2D eigenvalue weighted by atomic mass is 32.1. The monoisotopic (exact) mass is 354 g/mol. The third-order valence-electron chi connectivity index (χ3n) is 3.70. The van der Waals surface area contributed by atoms with E-state index in [9.17, 15) is 0 Å². The van der Waals surface area contributed by atoms with Crippen molar-refractivity contribution in [3.8, 4) is 0 Å². The maximum absolute atomic E-state index is 8.78. The Labute approximate surface area is 149 Å². The van der Waals surface area contributed by atoms with Crippen LogP contribution < -0.4 is 9.13 Å². The molecule has 3 heterocycles. The molecule has 0 aliphatic heterocycles. The number of pyridine rings is 2. The van der Waals surface area contributed by atoms with E-state index in [0.717, 1.165) is 11.4 Å².